The van der Waals surface area contributed by atoms with Crippen molar-refractivity contribution in [1.29, 1.82) is 0 Å². The van der Waals surface area contributed by atoms with Crippen molar-refractivity contribution in [1.82, 2.24) is 0 Å². The van der Waals surface area contributed by atoms with Gasteiger partial charge in [0.2, 0.25) is 0 Å². The van der Waals surface area contributed by atoms with E-state index < -0.39 is 97.5 Å². The normalized spacial score (nSPS) is 15.0. The zero-order valence-corrected chi connectivity index (χ0v) is 58.4. The fourth-order valence-electron chi connectivity index (χ4n) is 10.1. The number of hydrogen-bond acceptors (Lipinski definition) is 15. The number of carbonyl (C=O) groups is 4. The number of aliphatic hydroxyl groups is 1. The molecule has 17 nitrogen and oxygen atoms in total. The van der Waals surface area contributed by atoms with Gasteiger partial charge in [0.15, 0.2) is 12.2 Å². The molecule has 7 atom stereocenters. The van der Waals surface area contributed by atoms with Crippen molar-refractivity contribution in [3.8, 4) is 0 Å². The summed E-state index contributed by atoms with van der Waals surface area (Å²) in [6.07, 6.45) is 39.1. The lowest BCUT2D eigenvalue weighted by Crippen LogP contribution is -2.30. The maximum atomic E-state index is 13.0. The Kier molecular flexibility index (Phi) is 56.6. The number of esters is 4. The van der Waals surface area contributed by atoms with Crippen LogP contribution in [0.15, 0.2) is 0 Å². The van der Waals surface area contributed by atoms with Gasteiger partial charge in [-0.05, 0) is 49.4 Å². The SMILES string of the molecule is CCC(C)CCCCCCCCC(=O)OC[C@H](COP(=O)(O)OC[C@H](O)COP(=O)(O)OC[C@@H](COC(=O)CCCCCCCCCCCCCCCC(C)C)OC(=O)CCCCCCCCCCC(C)C)OC(=O)CCCCCCCCC(C)CC. The van der Waals surface area contributed by atoms with Gasteiger partial charge in [0.05, 0.1) is 26.4 Å². The first kappa shape index (κ1) is 85.1. The molecule has 0 saturated heterocycles. The minimum atomic E-state index is -4.95. The van der Waals surface area contributed by atoms with Crippen LogP contribution >= 0.6 is 15.6 Å². The molecular weight excluding hydrogens is 1150 g/mol. The molecule has 0 radical (unpaired) electrons. The highest BCUT2D eigenvalue weighted by molar-refractivity contribution is 7.47. The van der Waals surface area contributed by atoms with E-state index in [1.54, 1.807) is 0 Å². The largest absolute Gasteiger partial charge is 0.472 e. The standard InChI is InChI=1S/C68H132O17P2/c1-9-60(7)46-38-30-24-26-33-41-49-66(71)79-55-64(85-68(73)51-43-35-27-25-31-39-47-61(8)10-2)57-83-87(76,77)81-53-62(69)52-80-86(74,75)82-56-63(84-67(72)50-42-34-23-19-18-21-29-37-45-59(5)6)54-78-65(70)48-40-32-22-17-15-13-11-12-14-16-20-28-36-44-58(3)4/h58-64,69H,9-57H2,1-8H3,(H,74,75)(H,76,77)/t60?,61?,62-,63-,64-/m1/s1. The molecule has 0 aromatic heterocycles. The van der Waals surface area contributed by atoms with Crippen LogP contribution in [-0.4, -0.2) is 96.7 Å². The third-order valence-electron chi connectivity index (χ3n) is 16.3. The Morgan fingerprint density at radius 1 is 0.322 bits per heavy atom. The first-order chi connectivity index (χ1) is 41.7. The third-order valence-corrected chi connectivity index (χ3v) is 18.2. The van der Waals surface area contributed by atoms with Gasteiger partial charge in [-0.1, -0.05) is 280 Å². The average Bonchev–Trinajstić information content (AvgIpc) is 3.58. The highest BCUT2D eigenvalue weighted by atomic mass is 31.2. The summed E-state index contributed by atoms with van der Waals surface area (Å²) in [5, 5.41) is 10.6. The first-order valence-electron chi connectivity index (χ1n) is 35.3. The van der Waals surface area contributed by atoms with E-state index >= 15 is 0 Å². The van der Waals surface area contributed by atoms with Crippen LogP contribution in [0.3, 0.4) is 0 Å². The molecule has 19 heteroatoms. The summed E-state index contributed by atoms with van der Waals surface area (Å²) < 4.78 is 68.1. The van der Waals surface area contributed by atoms with Crippen molar-refractivity contribution in [3.63, 3.8) is 0 Å². The van der Waals surface area contributed by atoms with Crippen LogP contribution < -0.4 is 0 Å². The molecule has 87 heavy (non-hydrogen) atoms. The molecule has 0 bridgehead atoms. The van der Waals surface area contributed by atoms with Gasteiger partial charge in [-0.15, -0.1) is 0 Å². The molecule has 0 aliphatic rings. The molecular formula is C68H132O17P2. The number of rotatable bonds is 65. The minimum absolute atomic E-state index is 0.101. The van der Waals surface area contributed by atoms with Crippen molar-refractivity contribution in [2.45, 2.75) is 350 Å². The molecule has 0 amide bonds. The van der Waals surface area contributed by atoms with E-state index in [1.165, 1.54) is 128 Å². The molecule has 0 aliphatic heterocycles. The second-order valence-electron chi connectivity index (χ2n) is 26.0. The van der Waals surface area contributed by atoms with Gasteiger partial charge >= 0.3 is 39.5 Å². The summed E-state index contributed by atoms with van der Waals surface area (Å²) in [6.45, 7) is 14.0. The molecule has 0 spiro atoms. The average molecular weight is 1280 g/mol. The molecule has 4 unspecified atom stereocenters. The van der Waals surface area contributed by atoms with Crippen LogP contribution in [0, 0.1) is 23.7 Å². The topological polar surface area (TPSA) is 237 Å². The van der Waals surface area contributed by atoms with Crippen LogP contribution in [0.2, 0.25) is 0 Å². The van der Waals surface area contributed by atoms with Gasteiger partial charge in [0.25, 0.3) is 0 Å². The summed E-state index contributed by atoms with van der Waals surface area (Å²) in [7, 11) is -9.90. The summed E-state index contributed by atoms with van der Waals surface area (Å²) >= 11 is 0. The number of unbranched alkanes of at least 4 members (excludes halogenated alkanes) is 29. The molecule has 0 aliphatic carbocycles. The van der Waals surface area contributed by atoms with Crippen molar-refractivity contribution in [2.24, 2.45) is 23.7 Å². The van der Waals surface area contributed by atoms with Crippen LogP contribution in [0.5, 0.6) is 0 Å². The third kappa shape index (κ3) is 60.1. The van der Waals surface area contributed by atoms with E-state index in [2.05, 4.69) is 55.4 Å². The summed E-state index contributed by atoms with van der Waals surface area (Å²) in [5.74, 6) is 0.823. The molecule has 3 N–H and O–H groups in total. The highest BCUT2D eigenvalue weighted by Crippen LogP contribution is 2.45. The first-order valence-corrected chi connectivity index (χ1v) is 38.3. The van der Waals surface area contributed by atoms with Crippen LogP contribution in [0.25, 0.3) is 0 Å². The Bertz CT molecular complexity index is 1730. The maximum absolute atomic E-state index is 13.0. The van der Waals surface area contributed by atoms with Crippen LogP contribution in [0.4, 0.5) is 0 Å². The van der Waals surface area contributed by atoms with Gasteiger partial charge in [0.1, 0.15) is 19.3 Å². The second-order valence-corrected chi connectivity index (χ2v) is 28.9. The molecule has 516 valence electrons. The highest BCUT2D eigenvalue weighted by Gasteiger charge is 2.30. The molecule has 0 heterocycles. The van der Waals surface area contributed by atoms with E-state index in [4.69, 9.17) is 37.0 Å². The molecule has 0 rings (SSSR count). The van der Waals surface area contributed by atoms with Crippen LogP contribution in [0.1, 0.15) is 331 Å². The van der Waals surface area contributed by atoms with Gasteiger partial charge in [-0.3, -0.25) is 37.3 Å². The number of aliphatic hydroxyl groups excluding tert-OH is 1. The zero-order chi connectivity index (χ0) is 64.7. The number of phosphoric acid groups is 2. The molecule has 0 fully saturated rings. The lowest BCUT2D eigenvalue weighted by molar-refractivity contribution is -0.161. The van der Waals surface area contributed by atoms with Crippen molar-refractivity contribution in [3.05, 3.63) is 0 Å². The quantitative estimate of drug-likeness (QED) is 0.0222. The zero-order valence-electron chi connectivity index (χ0n) is 56.6. The Morgan fingerprint density at radius 2 is 0.552 bits per heavy atom. The molecule has 0 aromatic rings. The van der Waals surface area contributed by atoms with Crippen molar-refractivity contribution < 1.29 is 80.2 Å². The predicted octanol–water partition coefficient (Wildman–Crippen LogP) is 18.9. The van der Waals surface area contributed by atoms with Gasteiger partial charge in [-0.25, -0.2) is 9.13 Å². The van der Waals surface area contributed by atoms with E-state index in [0.717, 1.165) is 120 Å². The minimum Gasteiger partial charge on any atom is -0.462 e. The van der Waals surface area contributed by atoms with E-state index in [1.807, 2.05) is 0 Å². The fourth-order valence-corrected chi connectivity index (χ4v) is 11.7. The summed E-state index contributed by atoms with van der Waals surface area (Å²) in [4.78, 5) is 72.4. The van der Waals surface area contributed by atoms with Gasteiger partial charge in [-0.2, -0.15) is 0 Å². The lowest BCUT2D eigenvalue weighted by atomic mass is 10.00. The van der Waals surface area contributed by atoms with E-state index in [0.29, 0.717) is 25.7 Å². The number of phosphoric ester groups is 2. The second kappa shape index (κ2) is 57.9. The molecule has 0 aromatic carbocycles. The Hall–Kier alpha value is -1.94. The van der Waals surface area contributed by atoms with Gasteiger partial charge in [0, 0.05) is 25.7 Å². The number of ether oxygens (including phenoxy) is 4. The monoisotopic (exact) mass is 1280 g/mol. The fraction of sp³-hybridized carbons (Fsp3) is 0.941. The maximum Gasteiger partial charge on any atom is 0.472 e. The Morgan fingerprint density at radius 3 is 0.816 bits per heavy atom. The van der Waals surface area contributed by atoms with E-state index in [9.17, 15) is 43.2 Å². The predicted molar refractivity (Wildman–Crippen MR) is 349 cm³/mol. The van der Waals surface area contributed by atoms with Gasteiger partial charge < -0.3 is 33.8 Å². The summed E-state index contributed by atoms with van der Waals surface area (Å²) in [6, 6.07) is 0. The lowest BCUT2D eigenvalue weighted by Gasteiger charge is -2.21. The van der Waals surface area contributed by atoms with Crippen molar-refractivity contribution in [2.75, 3.05) is 39.6 Å². The smallest absolute Gasteiger partial charge is 0.462 e. The Labute approximate surface area is 530 Å². The number of carbonyl (C=O) groups excluding carboxylic acids is 4. The Balaban J connectivity index is 5.23. The van der Waals surface area contributed by atoms with Crippen molar-refractivity contribution >= 4 is 39.5 Å². The van der Waals surface area contributed by atoms with Crippen LogP contribution in [-0.2, 0) is 65.4 Å². The number of hydrogen-bond donors (Lipinski definition) is 3. The molecule has 0 saturated carbocycles. The van der Waals surface area contributed by atoms with E-state index in [-0.39, 0.29) is 25.7 Å². The summed E-state index contributed by atoms with van der Waals surface area (Å²) in [5.41, 5.74) is 0.